The van der Waals surface area contributed by atoms with E-state index in [2.05, 4.69) is 15.9 Å². The monoisotopic (exact) mass is 259 g/mol. The Balaban J connectivity index is 2.99. The Morgan fingerprint density at radius 1 is 1.43 bits per heavy atom. The number of hydrogen-bond acceptors (Lipinski definition) is 1. The second-order valence-corrected chi connectivity index (χ2v) is 4.18. The molecule has 0 saturated heterocycles. The fourth-order valence-electron chi connectivity index (χ4n) is 1.20. The van der Waals surface area contributed by atoms with Crippen molar-refractivity contribution >= 4 is 21.6 Å². The molecule has 1 rings (SSSR count). The second-order valence-electron chi connectivity index (χ2n) is 3.62. The number of benzene rings is 1. The first-order valence-electron chi connectivity index (χ1n) is 4.63. The molecule has 14 heavy (non-hydrogen) atoms. The molecule has 0 spiro atoms. The number of alkyl halides is 1. The van der Waals surface area contributed by atoms with E-state index in [1.807, 2.05) is 37.9 Å². The van der Waals surface area contributed by atoms with Crippen LogP contribution in [0.1, 0.15) is 19.4 Å². The smallest absolute Gasteiger partial charge is 0.146 e. The van der Waals surface area contributed by atoms with Crippen molar-refractivity contribution in [2.24, 2.45) is 0 Å². The summed E-state index contributed by atoms with van der Waals surface area (Å²) in [5.41, 5.74) is 1.62. The summed E-state index contributed by atoms with van der Waals surface area (Å²) in [5, 5.41) is 0.690. The first kappa shape index (κ1) is 11.5. The fourth-order valence-corrected chi connectivity index (χ4v) is 1.55. The van der Waals surface area contributed by atoms with Crippen LogP contribution in [0.15, 0.2) is 18.2 Å². The predicted molar refractivity (Wildman–Crippen MR) is 62.6 cm³/mol. The fraction of sp³-hybridized carbons (Fsp3) is 0.455. The van der Waals surface area contributed by atoms with Crippen LogP contribution in [0.2, 0.25) is 0 Å². The molecule has 1 aromatic carbocycles. The second kappa shape index (κ2) is 4.78. The summed E-state index contributed by atoms with van der Waals surface area (Å²) in [4.78, 5) is 1.92. The van der Waals surface area contributed by atoms with Crippen molar-refractivity contribution in [1.82, 2.24) is 0 Å². The van der Waals surface area contributed by atoms with Crippen LogP contribution in [0.25, 0.3) is 0 Å². The summed E-state index contributed by atoms with van der Waals surface area (Å²) in [5.74, 6) is -0.154. The maximum Gasteiger partial charge on any atom is 0.146 e. The molecule has 0 N–H and O–H groups in total. The Bertz CT molecular complexity index is 312. The van der Waals surface area contributed by atoms with Gasteiger partial charge in [-0.25, -0.2) is 4.39 Å². The van der Waals surface area contributed by atoms with Crippen LogP contribution < -0.4 is 4.90 Å². The van der Waals surface area contributed by atoms with Gasteiger partial charge in [-0.1, -0.05) is 22.0 Å². The van der Waals surface area contributed by atoms with E-state index in [4.69, 9.17) is 0 Å². The Labute approximate surface area is 93.0 Å². The van der Waals surface area contributed by atoms with Gasteiger partial charge in [-0.2, -0.15) is 0 Å². The molecule has 0 saturated carbocycles. The van der Waals surface area contributed by atoms with Crippen LogP contribution in [0.5, 0.6) is 0 Å². The van der Waals surface area contributed by atoms with Crippen LogP contribution in [-0.2, 0) is 5.33 Å². The Morgan fingerprint density at radius 3 is 2.50 bits per heavy atom. The van der Waals surface area contributed by atoms with E-state index in [1.165, 1.54) is 0 Å². The minimum absolute atomic E-state index is 0.154. The van der Waals surface area contributed by atoms with Gasteiger partial charge in [-0.15, -0.1) is 0 Å². The highest BCUT2D eigenvalue weighted by Gasteiger charge is 2.10. The lowest BCUT2D eigenvalue weighted by Gasteiger charge is -2.24. The van der Waals surface area contributed by atoms with Crippen molar-refractivity contribution in [2.75, 3.05) is 11.9 Å². The number of halogens is 2. The van der Waals surface area contributed by atoms with E-state index in [1.54, 1.807) is 6.07 Å². The van der Waals surface area contributed by atoms with E-state index in [-0.39, 0.29) is 5.82 Å². The van der Waals surface area contributed by atoms with Gasteiger partial charge in [0.05, 0.1) is 5.69 Å². The van der Waals surface area contributed by atoms with Gasteiger partial charge in [-0.3, -0.25) is 0 Å². The first-order chi connectivity index (χ1) is 6.56. The summed E-state index contributed by atoms with van der Waals surface area (Å²) < 4.78 is 13.6. The van der Waals surface area contributed by atoms with Crippen molar-refractivity contribution < 1.29 is 4.39 Å². The zero-order chi connectivity index (χ0) is 10.7. The highest BCUT2D eigenvalue weighted by Crippen LogP contribution is 2.21. The standard InChI is InChI=1S/C11H15BrFN/c1-8(2)14(3)11-5-4-9(7-12)6-10(11)13/h4-6,8H,7H2,1-3H3. The quantitative estimate of drug-likeness (QED) is 0.751. The minimum atomic E-state index is -0.154. The number of hydrogen-bond donors (Lipinski definition) is 0. The summed E-state index contributed by atoms with van der Waals surface area (Å²) in [7, 11) is 1.90. The molecule has 0 bridgehead atoms. The molecule has 0 atom stereocenters. The molecule has 0 aromatic heterocycles. The lowest BCUT2D eigenvalue weighted by Crippen LogP contribution is -2.26. The molecule has 1 aromatic rings. The van der Waals surface area contributed by atoms with Gasteiger partial charge >= 0.3 is 0 Å². The van der Waals surface area contributed by atoms with E-state index in [0.717, 1.165) is 5.56 Å². The molecule has 0 unspecified atom stereocenters. The molecule has 1 nitrogen and oxygen atoms in total. The molecule has 0 amide bonds. The molecular formula is C11H15BrFN. The molecule has 0 fully saturated rings. The van der Waals surface area contributed by atoms with Crippen molar-refractivity contribution in [3.05, 3.63) is 29.6 Å². The van der Waals surface area contributed by atoms with Crippen molar-refractivity contribution in [1.29, 1.82) is 0 Å². The molecular weight excluding hydrogens is 245 g/mol. The highest BCUT2D eigenvalue weighted by atomic mass is 79.9. The van der Waals surface area contributed by atoms with Gasteiger partial charge in [0, 0.05) is 18.4 Å². The summed E-state index contributed by atoms with van der Waals surface area (Å²) >= 11 is 3.30. The SMILES string of the molecule is CC(C)N(C)c1ccc(CBr)cc1F. The zero-order valence-electron chi connectivity index (χ0n) is 8.72. The van der Waals surface area contributed by atoms with Crippen LogP contribution in [0, 0.1) is 5.82 Å². The van der Waals surface area contributed by atoms with Crippen molar-refractivity contribution in [3.63, 3.8) is 0 Å². The van der Waals surface area contributed by atoms with Gasteiger partial charge in [0.15, 0.2) is 0 Å². The Hall–Kier alpha value is -0.570. The average molecular weight is 260 g/mol. The summed E-state index contributed by atoms with van der Waals surface area (Å²) in [6, 6.07) is 5.64. The average Bonchev–Trinajstić information content (AvgIpc) is 2.16. The molecule has 78 valence electrons. The molecule has 3 heteroatoms. The number of anilines is 1. The minimum Gasteiger partial charge on any atom is -0.370 e. The van der Waals surface area contributed by atoms with E-state index < -0.39 is 0 Å². The van der Waals surface area contributed by atoms with Crippen LogP contribution in [-0.4, -0.2) is 13.1 Å². The predicted octanol–water partition coefficient (Wildman–Crippen LogP) is 3.57. The van der Waals surface area contributed by atoms with E-state index in [9.17, 15) is 4.39 Å². The molecule has 0 radical (unpaired) electrons. The Morgan fingerprint density at radius 2 is 2.07 bits per heavy atom. The summed E-state index contributed by atoms with van der Waals surface area (Å²) in [6.07, 6.45) is 0. The zero-order valence-corrected chi connectivity index (χ0v) is 10.3. The van der Waals surface area contributed by atoms with Crippen LogP contribution in [0.3, 0.4) is 0 Å². The van der Waals surface area contributed by atoms with Gasteiger partial charge in [0.25, 0.3) is 0 Å². The lowest BCUT2D eigenvalue weighted by atomic mass is 10.2. The molecule has 0 aliphatic rings. The van der Waals surface area contributed by atoms with E-state index in [0.29, 0.717) is 17.1 Å². The number of nitrogens with zero attached hydrogens (tertiary/aromatic N) is 1. The molecule has 0 aliphatic carbocycles. The lowest BCUT2D eigenvalue weighted by molar-refractivity contribution is 0.612. The van der Waals surface area contributed by atoms with Gasteiger partial charge in [0.1, 0.15) is 5.82 Å². The van der Waals surface area contributed by atoms with E-state index >= 15 is 0 Å². The van der Waals surface area contributed by atoms with Crippen molar-refractivity contribution in [2.45, 2.75) is 25.2 Å². The maximum atomic E-state index is 13.6. The highest BCUT2D eigenvalue weighted by molar-refractivity contribution is 9.08. The number of rotatable bonds is 3. The van der Waals surface area contributed by atoms with Gasteiger partial charge in [0.2, 0.25) is 0 Å². The third-order valence-corrected chi connectivity index (χ3v) is 2.97. The Kier molecular flexibility index (Phi) is 3.93. The normalized spacial score (nSPS) is 10.7. The third kappa shape index (κ3) is 2.47. The maximum absolute atomic E-state index is 13.6. The van der Waals surface area contributed by atoms with Crippen molar-refractivity contribution in [3.8, 4) is 0 Å². The first-order valence-corrected chi connectivity index (χ1v) is 5.75. The van der Waals surface area contributed by atoms with Crippen LogP contribution in [0.4, 0.5) is 10.1 Å². The molecule has 0 heterocycles. The summed E-state index contributed by atoms with van der Waals surface area (Å²) in [6.45, 7) is 4.08. The topological polar surface area (TPSA) is 3.24 Å². The van der Waals surface area contributed by atoms with Gasteiger partial charge < -0.3 is 4.90 Å². The molecule has 0 aliphatic heterocycles. The van der Waals surface area contributed by atoms with Crippen LogP contribution >= 0.6 is 15.9 Å². The third-order valence-electron chi connectivity index (χ3n) is 2.32. The largest absolute Gasteiger partial charge is 0.370 e. The van der Waals surface area contributed by atoms with Gasteiger partial charge in [-0.05, 0) is 31.5 Å².